The molecule has 1 aromatic carbocycles. The average molecular weight is 402 g/mol. The van der Waals surface area contributed by atoms with Gasteiger partial charge in [-0.3, -0.25) is 14.3 Å². The van der Waals surface area contributed by atoms with Crippen LogP contribution in [0.3, 0.4) is 0 Å². The van der Waals surface area contributed by atoms with Crippen LogP contribution in [0.1, 0.15) is 18.4 Å². The Kier molecular flexibility index (Phi) is 3.36. The Balaban J connectivity index is 1.39. The van der Waals surface area contributed by atoms with Crippen LogP contribution in [0.25, 0.3) is 0 Å². The molecule has 7 heteroatoms. The maximum atomic E-state index is 12.8. The number of carbonyl (C=O) groups excluding carboxylic acids is 2. The molecule has 2 amide bonds. The molecule has 1 aromatic heterocycles. The van der Waals surface area contributed by atoms with E-state index in [9.17, 15) is 9.59 Å². The average Bonchev–Trinajstić information content (AvgIpc) is 3.35. The zero-order valence-corrected chi connectivity index (χ0v) is 14.9. The van der Waals surface area contributed by atoms with E-state index in [1.807, 2.05) is 24.3 Å². The summed E-state index contributed by atoms with van der Waals surface area (Å²) >= 11 is 3.42. The number of hydrogen-bond acceptors (Lipinski definition) is 4. The maximum Gasteiger partial charge on any atom is 0.240 e. The van der Waals surface area contributed by atoms with E-state index in [0.717, 1.165) is 22.9 Å². The van der Waals surface area contributed by atoms with Gasteiger partial charge in [-0.05, 0) is 30.5 Å². The molecule has 3 aliphatic rings. The van der Waals surface area contributed by atoms with Crippen molar-refractivity contribution in [1.29, 1.82) is 0 Å². The van der Waals surface area contributed by atoms with Gasteiger partial charge in [-0.15, -0.1) is 0 Å². The second kappa shape index (κ2) is 5.51. The molecule has 4 heterocycles. The smallest absolute Gasteiger partial charge is 0.240 e. The Bertz CT molecular complexity index is 835. The number of ether oxygens (including phenoxy) is 1. The molecule has 128 valence electrons. The second-order valence-corrected chi connectivity index (χ2v) is 7.79. The van der Waals surface area contributed by atoms with Crippen LogP contribution in [-0.2, 0) is 20.9 Å². The Morgan fingerprint density at radius 3 is 2.36 bits per heavy atom. The van der Waals surface area contributed by atoms with E-state index in [4.69, 9.17) is 4.74 Å². The van der Waals surface area contributed by atoms with Gasteiger partial charge in [-0.2, -0.15) is 5.10 Å². The number of aromatic nitrogens is 2. The number of halogens is 1. The Labute approximate surface area is 152 Å². The van der Waals surface area contributed by atoms with E-state index in [2.05, 4.69) is 21.0 Å². The summed E-state index contributed by atoms with van der Waals surface area (Å²) in [6, 6.07) is 7.97. The molecule has 3 fully saturated rings. The van der Waals surface area contributed by atoms with Gasteiger partial charge in [0.15, 0.2) is 0 Å². The van der Waals surface area contributed by atoms with Crippen molar-refractivity contribution in [2.45, 2.75) is 31.6 Å². The minimum Gasteiger partial charge on any atom is -0.373 e. The van der Waals surface area contributed by atoms with E-state index in [-0.39, 0.29) is 35.9 Å². The van der Waals surface area contributed by atoms with Crippen LogP contribution in [0.2, 0.25) is 0 Å². The highest BCUT2D eigenvalue weighted by atomic mass is 79.9. The van der Waals surface area contributed by atoms with Crippen molar-refractivity contribution in [3.8, 4) is 0 Å². The first kappa shape index (κ1) is 15.3. The summed E-state index contributed by atoms with van der Waals surface area (Å²) in [5, 5.41) is 4.32. The molecule has 5 rings (SSSR count). The molecule has 0 radical (unpaired) electrons. The minimum absolute atomic E-state index is 0.0886. The molecule has 25 heavy (non-hydrogen) atoms. The first-order valence-corrected chi connectivity index (χ1v) is 9.21. The fourth-order valence-corrected chi connectivity index (χ4v) is 4.56. The maximum absolute atomic E-state index is 12.8. The number of nitrogens with zero attached hydrogens (tertiary/aromatic N) is 3. The van der Waals surface area contributed by atoms with Gasteiger partial charge in [-0.25, -0.2) is 4.90 Å². The van der Waals surface area contributed by atoms with Gasteiger partial charge in [0.25, 0.3) is 0 Å². The van der Waals surface area contributed by atoms with Gasteiger partial charge < -0.3 is 4.74 Å². The number of carbonyl (C=O) groups is 2. The molecule has 2 aromatic rings. The van der Waals surface area contributed by atoms with Crippen LogP contribution in [0, 0.1) is 11.8 Å². The number of fused-ring (bicyclic) bond motifs is 5. The Morgan fingerprint density at radius 1 is 1.08 bits per heavy atom. The zero-order chi connectivity index (χ0) is 17.1. The molecule has 2 bridgehead atoms. The summed E-state index contributed by atoms with van der Waals surface area (Å²) in [5.41, 5.74) is 1.65. The quantitative estimate of drug-likeness (QED) is 0.740. The summed E-state index contributed by atoms with van der Waals surface area (Å²) < 4.78 is 8.54. The molecule has 0 saturated carbocycles. The number of rotatable bonds is 3. The molecule has 6 nitrogen and oxygen atoms in total. The fraction of sp³-hybridized carbons (Fsp3) is 0.389. The molecule has 0 unspecified atom stereocenters. The monoisotopic (exact) mass is 401 g/mol. The third-order valence-corrected chi connectivity index (χ3v) is 5.95. The standard InChI is InChI=1S/C18H16BrN3O3/c19-11-3-1-10(2-4-11)8-21-9-12(7-20-21)22-17(23)15-13-5-6-14(25-13)16(15)18(22)24/h1-4,7,9,13-16H,5-6,8H2/t13-,14+,15-,16+. The van der Waals surface area contributed by atoms with Gasteiger partial charge in [0, 0.05) is 10.7 Å². The summed E-state index contributed by atoms with van der Waals surface area (Å²) in [5.74, 6) is -0.877. The third kappa shape index (κ3) is 2.29. The van der Waals surface area contributed by atoms with E-state index < -0.39 is 0 Å². The molecule has 4 atom stereocenters. The van der Waals surface area contributed by atoms with Crippen molar-refractivity contribution in [3.05, 3.63) is 46.7 Å². The van der Waals surface area contributed by atoms with Crippen molar-refractivity contribution in [1.82, 2.24) is 9.78 Å². The summed E-state index contributed by atoms with van der Waals surface area (Å²) in [7, 11) is 0. The normalized spacial score (nSPS) is 30.4. The van der Waals surface area contributed by atoms with Crippen molar-refractivity contribution < 1.29 is 14.3 Å². The fourth-order valence-electron chi connectivity index (χ4n) is 4.30. The van der Waals surface area contributed by atoms with Crippen LogP contribution in [0.4, 0.5) is 5.69 Å². The lowest BCUT2D eigenvalue weighted by molar-refractivity contribution is -0.124. The first-order valence-electron chi connectivity index (χ1n) is 8.42. The van der Waals surface area contributed by atoms with Gasteiger partial charge >= 0.3 is 0 Å². The summed E-state index contributed by atoms with van der Waals surface area (Å²) in [4.78, 5) is 26.9. The first-order chi connectivity index (χ1) is 12.1. The van der Waals surface area contributed by atoms with Crippen LogP contribution < -0.4 is 4.90 Å². The number of anilines is 1. The summed E-state index contributed by atoms with van der Waals surface area (Å²) in [6.07, 6.45) is 4.94. The zero-order valence-electron chi connectivity index (χ0n) is 13.3. The highest BCUT2D eigenvalue weighted by Gasteiger charge is 2.62. The van der Waals surface area contributed by atoms with Crippen LogP contribution in [0.5, 0.6) is 0 Å². The Hall–Kier alpha value is -1.99. The number of hydrogen-bond donors (Lipinski definition) is 0. The van der Waals surface area contributed by atoms with Gasteiger partial charge in [-0.1, -0.05) is 28.1 Å². The number of benzene rings is 1. The minimum atomic E-state index is -0.305. The largest absolute Gasteiger partial charge is 0.373 e. The molecule has 0 aliphatic carbocycles. The highest BCUT2D eigenvalue weighted by Crippen LogP contribution is 2.49. The lowest BCUT2D eigenvalue weighted by Crippen LogP contribution is -2.33. The van der Waals surface area contributed by atoms with Crippen molar-refractivity contribution in [2.75, 3.05) is 4.90 Å². The SMILES string of the molecule is O=C1[C@@H]2[C@H](C(=O)N1c1cnn(Cc3ccc(Br)cc3)c1)[C@H]1CC[C@@H]2O1. The molecule has 3 aliphatic heterocycles. The van der Waals surface area contributed by atoms with Crippen molar-refractivity contribution in [3.63, 3.8) is 0 Å². The van der Waals surface area contributed by atoms with E-state index in [1.165, 1.54) is 4.90 Å². The predicted octanol–water partition coefficient (Wildman–Crippen LogP) is 2.36. The lowest BCUT2D eigenvalue weighted by Gasteiger charge is -2.15. The van der Waals surface area contributed by atoms with Crippen molar-refractivity contribution >= 4 is 33.4 Å². The third-order valence-electron chi connectivity index (χ3n) is 5.42. The number of imide groups is 1. The predicted molar refractivity (Wildman–Crippen MR) is 92.8 cm³/mol. The molecule has 3 saturated heterocycles. The van der Waals surface area contributed by atoms with Gasteiger partial charge in [0.2, 0.25) is 11.8 Å². The highest BCUT2D eigenvalue weighted by molar-refractivity contribution is 9.10. The topological polar surface area (TPSA) is 64.4 Å². The summed E-state index contributed by atoms with van der Waals surface area (Å²) in [6.45, 7) is 0.588. The van der Waals surface area contributed by atoms with E-state index >= 15 is 0 Å². The number of amides is 2. The van der Waals surface area contributed by atoms with Crippen LogP contribution >= 0.6 is 15.9 Å². The molecular weight excluding hydrogens is 386 g/mol. The van der Waals surface area contributed by atoms with Crippen LogP contribution in [0.15, 0.2) is 41.1 Å². The van der Waals surface area contributed by atoms with Crippen molar-refractivity contribution in [2.24, 2.45) is 11.8 Å². The van der Waals surface area contributed by atoms with E-state index in [1.54, 1.807) is 17.1 Å². The van der Waals surface area contributed by atoms with Gasteiger partial charge in [0.1, 0.15) is 0 Å². The molecule has 0 N–H and O–H groups in total. The van der Waals surface area contributed by atoms with Crippen LogP contribution in [-0.4, -0.2) is 33.8 Å². The lowest BCUT2D eigenvalue weighted by atomic mass is 9.81. The molecule has 0 spiro atoms. The van der Waals surface area contributed by atoms with E-state index in [0.29, 0.717) is 12.2 Å². The second-order valence-electron chi connectivity index (χ2n) is 6.88. The van der Waals surface area contributed by atoms with Gasteiger partial charge in [0.05, 0.1) is 42.5 Å². The Morgan fingerprint density at radius 2 is 1.72 bits per heavy atom. The molecular formula is C18H16BrN3O3.